The fourth-order valence-electron chi connectivity index (χ4n) is 2.58. The van der Waals surface area contributed by atoms with Gasteiger partial charge in [0, 0.05) is 18.7 Å². The Labute approximate surface area is 124 Å². The number of phenolic OH excluding ortho intramolecular Hbond substituents is 1. The Morgan fingerprint density at radius 3 is 2.95 bits per heavy atom. The zero-order valence-electron chi connectivity index (χ0n) is 12.1. The van der Waals surface area contributed by atoms with Gasteiger partial charge in [-0.25, -0.2) is 0 Å². The molecule has 2 aromatic carbocycles. The van der Waals surface area contributed by atoms with Crippen molar-refractivity contribution in [1.29, 1.82) is 0 Å². The molecule has 21 heavy (non-hydrogen) atoms. The lowest BCUT2D eigenvalue weighted by Crippen LogP contribution is -2.23. The van der Waals surface area contributed by atoms with Crippen LogP contribution in [0.5, 0.6) is 17.2 Å². The van der Waals surface area contributed by atoms with Gasteiger partial charge in [0.05, 0.1) is 19.4 Å². The zero-order valence-corrected chi connectivity index (χ0v) is 12.1. The first-order valence-corrected chi connectivity index (χ1v) is 7.10. The number of hydrogen-bond donors (Lipinski definition) is 1. The standard InChI is InChI=1S/C17H19NO3/c1-20-14-7-8-16(19)13(11-14)12-18-9-4-10-21-17-6-3-2-5-15(17)18/h2-3,5-8,11,19H,4,9-10,12H2,1H3. The minimum atomic E-state index is 0.290. The Kier molecular flexibility index (Phi) is 3.86. The Morgan fingerprint density at radius 1 is 1.24 bits per heavy atom. The SMILES string of the molecule is COc1ccc(O)c(CN2CCCOc3ccccc32)c1. The summed E-state index contributed by atoms with van der Waals surface area (Å²) in [5.74, 6) is 1.94. The Hall–Kier alpha value is -2.36. The van der Waals surface area contributed by atoms with E-state index in [0.717, 1.165) is 42.3 Å². The second-order valence-electron chi connectivity index (χ2n) is 5.09. The number of aromatic hydroxyl groups is 1. The van der Waals surface area contributed by atoms with E-state index in [2.05, 4.69) is 11.0 Å². The van der Waals surface area contributed by atoms with E-state index in [-0.39, 0.29) is 0 Å². The molecule has 4 nitrogen and oxygen atoms in total. The number of methoxy groups -OCH3 is 1. The minimum Gasteiger partial charge on any atom is -0.508 e. The first-order valence-electron chi connectivity index (χ1n) is 7.10. The lowest BCUT2D eigenvalue weighted by Gasteiger charge is -2.24. The molecule has 0 saturated carbocycles. The quantitative estimate of drug-likeness (QED) is 0.940. The summed E-state index contributed by atoms with van der Waals surface area (Å²) in [6, 6.07) is 13.3. The summed E-state index contributed by atoms with van der Waals surface area (Å²) in [5, 5.41) is 10.1. The van der Waals surface area contributed by atoms with Gasteiger partial charge < -0.3 is 19.5 Å². The number of nitrogens with zero attached hydrogens (tertiary/aromatic N) is 1. The molecule has 0 spiro atoms. The Morgan fingerprint density at radius 2 is 2.10 bits per heavy atom. The van der Waals surface area contributed by atoms with Crippen molar-refractivity contribution >= 4 is 5.69 Å². The van der Waals surface area contributed by atoms with E-state index in [4.69, 9.17) is 9.47 Å². The van der Waals surface area contributed by atoms with Gasteiger partial charge in [-0.3, -0.25) is 0 Å². The summed E-state index contributed by atoms with van der Waals surface area (Å²) in [4.78, 5) is 2.23. The van der Waals surface area contributed by atoms with Crippen LogP contribution < -0.4 is 14.4 Å². The second-order valence-corrected chi connectivity index (χ2v) is 5.09. The van der Waals surface area contributed by atoms with E-state index in [9.17, 15) is 5.11 Å². The number of fused-ring (bicyclic) bond motifs is 1. The summed E-state index contributed by atoms with van der Waals surface area (Å²) in [5.41, 5.74) is 1.92. The maximum atomic E-state index is 10.1. The van der Waals surface area contributed by atoms with Gasteiger partial charge in [0.15, 0.2) is 0 Å². The van der Waals surface area contributed by atoms with Crippen LogP contribution in [0, 0.1) is 0 Å². The van der Waals surface area contributed by atoms with Crippen molar-refractivity contribution in [1.82, 2.24) is 0 Å². The molecule has 1 heterocycles. The molecule has 0 aromatic heterocycles. The molecule has 110 valence electrons. The molecule has 1 N–H and O–H groups in total. The molecular formula is C17H19NO3. The van der Waals surface area contributed by atoms with E-state index >= 15 is 0 Å². The van der Waals surface area contributed by atoms with Crippen molar-refractivity contribution in [3.8, 4) is 17.2 Å². The van der Waals surface area contributed by atoms with Crippen LogP contribution in [-0.4, -0.2) is 25.4 Å². The molecule has 0 atom stereocenters. The van der Waals surface area contributed by atoms with Crippen molar-refractivity contribution < 1.29 is 14.6 Å². The molecule has 1 aliphatic heterocycles. The van der Waals surface area contributed by atoms with Gasteiger partial charge in [0.1, 0.15) is 17.2 Å². The van der Waals surface area contributed by atoms with E-state index in [1.807, 2.05) is 24.3 Å². The van der Waals surface area contributed by atoms with Gasteiger partial charge in [0.2, 0.25) is 0 Å². The highest BCUT2D eigenvalue weighted by Gasteiger charge is 2.17. The first kappa shape index (κ1) is 13.6. The van der Waals surface area contributed by atoms with Gasteiger partial charge in [-0.05, 0) is 36.8 Å². The van der Waals surface area contributed by atoms with Gasteiger partial charge in [-0.15, -0.1) is 0 Å². The average Bonchev–Trinajstić information content (AvgIpc) is 2.72. The maximum absolute atomic E-state index is 10.1. The van der Waals surface area contributed by atoms with Crippen molar-refractivity contribution in [2.24, 2.45) is 0 Å². The van der Waals surface area contributed by atoms with Gasteiger partial charge in [-0.1, -0.05) is 12.1 Å². The summed E-state index contributed by atoms with van der Waals surface area (Å²) in [7, 11) is 1.63. The molecule has 0 amide bonds. The van der Waals surface area contributed by atoms with Crippen molar-refractivity contribution in [2.45, 2.75) is 13.0 Å². The molecule has 3 rings (SSSR count). The number of anilines is 1. The minimum absolute atomic E-state index is 0.290. The largest absolute Gasteiger partial charge is 0.508 e. The average molecular weight is 285 g/mol. The highest BCUT2D eigenvalue weighted by atomic mass is 16.5. The van der Waals surface area contributed by atoms with E-state index in [1.165, 1.54) is 0 Å². The van der Waals surface area contributed by atoms with Gasteiger partial charge >= 0.3 is 0 Å². The van der Waals surface area contributed by atoms with Crippen LogP contribution in [0.25, 0.3) is 0 Å². The molecule has 1 aliphatic rings. The monoisotopic (exact) mass is 285 g/mol. The predicted molar refractivity (Wildman–Crippen MR) is 82.3 cm³/mol. The fraction of sp³-hybridized carbons (Fsp3) is 0.294. The molecule has 2 aromatic rings. The third kappa shape index (κ3) is 2.89. The molecule has 0 aliphatic carbocycles. The lowest BCUT2D eigenvalue weighted by atomic mass is 10.1. The van der Waals surface area contributed by atoms with Crippen LogP contribution in [0.15, 0.2) is 42.5 Å². The van der Waals surface area contributed by atoms with Crippen molar-refractivity contribution in [3.63, 3.8) is 0 Å². The fourth-order valence-corrected chi connectivity index (χ4v) is 2.58. The van der Waals surface area contributed by atoms with E-state index < -0.39 is 0 Å². The number of ether oxygens (including phenoxy) is 2. The van der Waals surface area contributed by atoms with Crippen LogP contribution >= 0.6 is 0 Å². The third-order valence-electron chi connectivity index (χ3n) is 3.68. The molecular weight excluding hydrogens is 266 g/mol. The highest BCUT2D eigenvalue weighted by molar-refractivity contribution is 5.59. The molecule has 0 saturated heterocycles. The number of rotatable bonds is 3. The predicted octanol–water partition coefficient (Wildman–Crippen LogP) is 3.19. The lowest BCUT2D eigenvalue weighted by molar-refractivity contribution is 0.322. The molecule has 0 bridgehead atoms. The summed E-state index contributed by atoms with van der Waals surface area (Å²) in [6.07, 6.45) is 0.958. The number of benzene rings is 2. The second kappa shape index (κ2) is 5.95. The van der Waals surface area contributed by atoms with E-state index in [0.29, 0.717) is 12.3 Å². The van der Waals surface area contributed by atoms with Crippen molar-refractivity contribution in [2.75, 3.05) is 25.2 Å². The number of para-hydroxylation sites is 2. The van der Waals surface area contributed by atoms with E-state index in [1.54, 1.807) is 19.2 Å². The van der Waals surface area contributed by atoms with Crippen LogP contribution in [0.4, 0.5) is 5.69 Å². The van der Waals surface area contributed by atoms with Gasteiger partial charge in [-0.2, -0.15) is 0 Å². The topological polar surface area (TPSA) is 41.9 Å². The van der Waals surface area contributed by atoms with Crippen LogP contribution in [-0.2, 0) is 6.54 Å². The molecule has 0 fully saturated rings. The normalized spacial score (nSPS) is 14.0. The van der Waals surface area contributed by atoms with Gasteiger partial charge in [0.25, 0.3) is 0 Å². The maximum Gasteiger partial charge on any atom is 0.142 e. The van der Waals surface area contributed by atoms with Crippen LogP contribution in [0.1, 0.15) is 12.0 Å². The number of phenols is 1. The Bertz CT molecular complexity index is 627. The summed E-state index contributed by atoms with van der Waals surface area (Å²) in [6.45, 7) is 2.24. The smallest absolute Gasteiger partial charge is 0.142 e. The van der Waals surface area contributed by atoms with Crippen LogP contribution in [0.3, 0.4) is 0 Å². The molecule has 0 unspecified atom stereocenters. The summed E-state index contributed by atoms with van der Waals surface area (Å²) < 4.78 is 11.0. The van der Waals surface area contributed by atoms with Crippen LogP contribution in [0.2, 0.25) is 0 Å². The molecule has 4 heteroatoms. The number of hydrogen-bond acceptors (Lipinski definition) is 4. The highest BCUT2D eigenvalue weighted by Crippen LogP contribution is 2.33. The Balaban J connectivity index is 1.91. The molecule has 0 radical (unpaired) electrons. The summed E-state index contributed by atoms with van der Waals surface area (Å²) >= 11 is 0. The first-order chi connectivity index (χ1) is 10.3. The van der Waals surface area contributed by atoms with Crippen molar-refractivity contribution in [3.05, 3.63) is 48.0 Å². The zero-order chi connectivity index (χ0) is 14.7. The third-order valence-corrected chi connectivity index (χ3v) is 3.68.